The van der Waals surface area contributed by atoms with Crippen LogP contribution in [0.25, 0.3) is 0 Å². The monoisotopic (exact) mass is 261 g/mol. The van der Waals surface area contributed by atoms with Gasteiger partial charge in [0.1, 0.15) is 0 Å². The van der Waals surface area contributed by atoms with E-state index in [2.05, 4.69) is 47.3 Å². The fourth-order valence-corrected chi connectivity index (χ4v) is 2.78. The summed E-state index contributed by atoms with van der Waals surface area (Å²) >= 11 is 1.76. The van der Waals surface area contributed by atoms with Gasteiger partial charge in [0, 0.05) is 13.7 Å². The summed E-state index contributed by atoms with van der Waals surface area (Å²) in [6.45, 7) is 3.73. The molecule has 0 aliphatic rings. The average Bonchev–Trinajstić information content (AvgIpc) is 2.81. The van der Waals surface area contributed by atoms with E-state index in [-0.39, 0.29) is 6.04 Å². The highest BCUT2D eigenvalue weighted by atomic mass is 32.1. The lowest BCUT2D eigenvalue weighted by Crippen LogP contribution is -2.24. The first-order valence-corrected chi connectivity index (χ1v) is 7.04. The standard InChI is InChI=1S/C15H19NOS/c1-12-10-18-11-14(12)8-16-15(9-17-2)13-6-4-3-5-7-13/h3-7,10-11,15-16H,8-9H2,1-2H3. The first kappa shape index (κ1) is 13.3. The highest BCUT2D eigenvalue weighted by Gasteiger charge is 2.10. The van der Waals surface area contributed by atoms with E-state index in [1.54, 1.807) is 18.4 Å². The van der Waals surface area contributed by atoms with Crippen LogP contribution in [0, 0.1) is 6.92 Å². The minimum absolute atomic E-state index is 0.246. The fourth-order valence-electron chi connectivity index (χ4n) is 1.93. The molecule has 18 heavy (non-hydrogen) atoms. The van der Waals surface area contributed by atoms with Crippen LogP contribution >= 0.6 is 11.3 Å². The first-order valence-electron chi connectivity index (χ1n) is 6.10. The van der Waals surface area contributed by atoms with E-state index in [1.165, 1.54) is 16.7 Å². The van der Waals surface area contributed by atoms with Crippen molar-refractivity contribution in [3.05, 3.63) is 57.8 Å². The van der Waals surface area contributed by atoms with Crippen LogP contribution < -0.4 is 5.32 Å². The van der Waals surface area contributed by atoms with E-state index in [1.807, 2.05) is 6.07 Å². The second kappa shape index (κ2) is 6.69. The molecule has 0 aliphatic heterocycles. The third-order valence-electron chi connectivity index (χ3n) is 3.04. The number of hydrogen-bond acceptors (Lipinski definition) is 3. The Hall–Kier alpha value is -1.16. The molecule has 0 saturated carbocycles. The number of ether oxygens (including phenoxy) is 1. The predicted molar refractivity (Wildman–Crippen MR) is 77.0 cm³/mol. The summed E-state index contributed by atoms with van der Waals surface area (Å²) in [5.41, 5.74) is 4.00. The highest BCUT2D eigenvalue weighted by molar-refractivity contribution is 7.08. The summed E-state index contributed by atoms with van der Waals surface area (Å²) < 4.78 is 5.30. The number of nitrogens with one attached hydrogen (secondary N) is 1. The molecule has 2 rings (SSSR count). The molecule has 1 heterocycles. The van der Waals surface area contributed by atoms with Crippen molar-refractivity contribution in [2.24, 2.45) is 0 Å². The van der Waals surface area contributed by atoms with Crippen molar-refractivity contribution < 1.29 is 4.74 Å². The maximum atomic E-state index is 5.30. The van der Waals surface area contributed by atoms with Gasteiger partial charge in [-0.3, -0.25) is 0 Å². The van der Waals surface area contributed by atoms with E-state index in [9.17, 15) is 0 Å². The number of rotatable bonds is 6. The van der Waals surface area contributed by atoms with Crippen molar-refractivity contribution in [3.8, 4) is 0 Å². The third kappa shape index (κ3) is 3.42. The smallest absolute Gasteiger partial charge is 0.0657 e. The fraction of sp³-hybridized carbons (Fsp3) is 0.333. The van der Waals surface area contributed by atoms with Gasteiger partial charge in [0.25, 0.3) is 0 Å². The molecule has 96 valence electrons. The minimum atomic E-state index is 0.246. The van der Waals surface area contributed by atoms with Crippen LogP contribution in [0.2, 0.25) is 0 Å². The molecule has 0 radical (unpaired) electrons. The number of benzene rings is 1. The summed E-state index contributed by atoms with van der Waals surface area (Å²) in [5.74, 6) is 0. The zero-order valence-electron chi connectivity index (χ0n) is 10.8. The largest absolute Gasteiger partial charge is 0.383 e. The Morgan fingerprint density at radius 3 is 2.61 bits per heavy atom. The number of methoxy groups -OCH3 is 1. The average molecular weight is 261 g/mol. The molecule has 1 aromatic heterocycles. The molecule has 0 spiro atoms. The Morgan fingerprint density at radius 1 is 1.22 bits per heavy atom. The summed E-state index contributed by atoms with van der Waals surface area (Å²) in [6, 6.07) is 10.7. The van der Waals surface area contributed by atoms with Crippen LogP contribution in [-0.2, 0) is 11.3 Å². The van der Waals surface area contributed by atoms with Gasteiger partial charge in [-0.2, -0.15) is 11.3 Å². The number of aryl methyl sites for hydroxylation is 1. The lowest BCUT2D eigenvalue weighted by molar-refractivity contribution is 0.166. The zero-order chi connectivity index (χ0) is 12.8. The first-order chi connectivity index (χ1) is 8.81. The van der Waals surface area contributed by atoms with Crippen LogP contribution in [0.1, 0.15) is 22.7 Å². The van der Waals surface area contributed by atoms with E-state index < -0.39 is 0 Å². The van der Waals surface area contributed by atoms with Crippen LogP contribution in [0.5, 0.6) is 0 Å². The SMILES string of the molecule is COCC(NCc1cscc1C)c1ccccc1. The van der Waals surface area contributed by atoms with Gasteiger partial charge < -0.3 is 10.1 Å². The molecule has 1 unspecified atom stereocenters. The van der Waals surface area contributed by atoms with E-state index >= 15 is 0 Å². The summed E-state index contributed by atoms with van der Waals surface area (Å²) in [7, 11) is 1.74. The van der Waals surface area contributed by atoms with Crippen molar-refractivity contribution in [1.82, 2.24) is 5.32 Å². The predicted octanol–water partition coefficient (Wildman–Crippen LogP) is 3.53. The van der Waals surface area contributed by atoms with Gasteiger partial charge in [-0.1, -0.05) is 30.3 Å². The Balaban J connectivity index is 2.01. The molecule has 0 fully saturated rings. The lowest BCUT2D eigenvalue weighted by atomic mass is 10.1. The van der Waals surface area contributed by atoms with E-state index in [4.69, 9.17) is 4.74 Å². The van der Waals surface area contributed by atoms with Crippen LogP contribution in [0.3, 0.4) is 0 Å². The van der Waals surface area contributed by atoms with Crippen LogP contribution in [0.15, 0.2) is 41.1 Å². The molecule has 3 heteroatoms. The Morgan fingerprint density at radius 2 is 2.00 bits per heavy atom. The lowest BCUT2D eigenvalue weighted by Gasteiger charge is -2.18. The maximum absolute atomic E-state index is 5.30. The van der Waals surface area contributed by atoms with Crippen molar-refractivity contribution >= 4 is 11.3 Å². The van der Waals surface area contributed by atoms with Crippen LogP contribution in [0.4, 0.5) is 0 Å². The van der Waals surface area contributed by atoms with Gasteiger partial charge in [0.05, 0.1) is 12.6 Å². The molecule has 0 saturated heterocycles. The zero-order valence-corrected chi connectivity index (χ0v) is 11.7. The van der Waals surface area contributed by atoms with E-state index in [0.717, 1.165) is 6.54 Å². The van der Waals surface area contributed by atoms with Gasteiger partial charge in [-0.15, -0.1) is 0 Å². The second-order valence-electron chi connectivity index (χ2n) is 4.38. The molecular weight excluding hydrogens is 242 g/mol. The third-order valence-corrected chi connectivity index (χ3v) is 3.95. The second-order valence-corrected chi connectivity index (χ2v) is 5.12. The Kier molecular flexibility index (Phi) is 4.93. The Bertz CT molecular complexity index is 466. The molecule has 2 nitrogen and oxygen atoms in total. The molecule has 1 atom stereocenters. The highest BCUT2D eigenvalue weighted by Crippen LogP contribution is 2.17. The summed E-state index contributed by atoms with van der Waals surface area (Å²) in [4.78, 5) is 0. The van der Waals surface area contributed by atoms with Crippen molar-refractivity contribution in [2.45, 2.75) is 19.5 Å². The molecule has 1 N–H and O–H groups in total. The molecule has 0 bridgehead atoms. The molecule has 2 aromatic rings. The summed E-state index contributed by atoms with van der Waals surface area (Å²) in [5, 5.41) is 7.95. The minimum Gasteiger partial charge on any atom is -0.383 e. The van der Waals surface area contributed by atoms with Gasteiger partial charge >= 0.3 is 0 Å². The number of thiophene rings is 1. The van der Waals surface area contributed by atoms with Gasteiger partial charge in [0.2, 0.25) is 0 Å². The number of hydrogen-bond donors (Lipinski definition) is 1. The van der Waals surface area contributed by atoms with Crippen LogP contribution in [-0.4, -0.2) is 13.7 Å². The van der Waals surface area contributed by atoms with Crippen molar-refractivity contribution in [2.75, 3.05) is 13.7 Å². The quantitative estimate of drug-likeness (QED) is 0.859. The normalized spacial score (nSPS) is 12.6. The topological polar surface area (TPSA) is 21.3 Å². The van der Waals surface area contributed by atoms with Crippen molar-refractivity contribution in [1.29, 1.82) is 0 Å². The summed E-state index contributed by atoms with van der Waals surface area (Å²) in [6.07, 6.45) is 0. The molecule has 1 aromatic carbocycles. The van der Waals surface area contributed by atoms with Gasteiger partial charge in [-0.05, 0) is 34.4 Å². The molecule has 0 aliphatic carbocycles. The van der Waals surface area contributed by atoms with E-state index in [0.29, 0.717) is 6.61 Å². The Labute approximate surface area is 113 Å². The molecular formula is C15H19NOS. The van der Waals surface area contributed by atoms with Gasteiger partial charge in [0.15, 0.2) is 0 Å². The van der Waals surface area contributed by atoms with Crippen molar-refractivity contribution in [3.63, 3.8) is 0 Å². The maximum Gasteiger partial charge on any atom is 0.0657 e. The van der Waals surface area contributed by atoms with Gasteiger partial charge in [-0.25, -0.2) is 0 Å². The molecule has 0 amide bonds.